The molecule has 35 heavy (non-hydrogen) atoms. The van der Waals surface area contributed by atoms with E-state index < -0.39 is 50.8 Å². The number of halogens is 4. The normalized spacial score (nSPS) is 11.7. The predicted octanol–water partition coefficient (Wildman–Crippen LogP) is 4.60. The topological polar surface area (TPSA) is 110 Å². The molecule has 0 aliphatic heterocycles. The average molecular weight is 526 g/mol. The lowest BCUT2D eigenvalue weighted by Gasteiger charge is -2.25. The second-order valence-corrected chi connectivity index (χ2v) is 9.71. The number of nitrogens with one attached hydrogen (secondary N) is 1. The van der Waals surface area contributed by atoms with Crippen molar-refractivity contribution in [2.45, 2.75) is 18.0 Å². The molecule has 2 amide bonds. The van der Waals surface area contributed by atoms with Crippen LogP contribution in [0.3, 0.4) is 0 Å². The summed E-state index contributed by atoms with van der Waals surface area (Å²) in [6.45, 7) is 0.828. The van der Waals surface area contributed by atoms with Gasteiger partial charge in [0.15, 0.2) is 0 Å². The van der Waals surface area contributed by atoms with Gasteiger partial charge < -0.3 is 11.1 Å². The first-order valence-corrected chi connectivity index (χ1v) is 11.8. The van der Waals surface area contributed by atoms with Crippen molar-refractivity contribution in [1.82, 2.24) is 0 Å². The highest BCUT2D eigenvalue weighted by Gasteiger charge is 2.35. The van der Waals surface area contributed by atoms with Gasteiger partial charge in [-0.3, -0.25) is 13.9 Å². The molecule has 3 N–H and O–H groups in total. The van der Waals surface area contributed by atoms with Gasteiger partial charge in [-0.05, 0) is 49.4 Å². The monoisotopic (exact) mass is 525 g/mol. The molecule has 0 radical (unpaired) electrons. The van der Waals surface area contributed by atoms with E-state index in [4.69, 9.17) is 17.3 Å². The third-order valence-corrected chi connectivity index (χ3v) is 7.02. The summed E-state index contributed by atoms with van der Waals surface area (Å²) in [5.41, 5.74) is 4.34. The third kappa shape index (κ3) is 5.92. The minimum Gasteiger partial charge on any atom is -0.366 e. The van der Waals surface area contributed by atoms with Gasteiger partial charge in [-0.2, -0.15) is 13.2 Å². The molecule has 0 atom stereocenters. The fraction of sp³-hybridized carbons (Fsp3) is 0.130. The van der Waals surface area contributed by atoms with E-state index in [0.717, 1.165) is 17.7 Å². The number of carbonyl (C=O) groups is 2. The van der Waals surface area contributed by atoms with Gasteiger partial charge in [0.05, 0.1) is 32.4 Å². The number of sulfonamides is 1. The van der Waals surface area contributed by atoms with Crippen LogP contribution in [0.2, 0.25) is 5.02 Å². The van der Waals surface area contributed by atoms with Crippen LogP contribution in [0, 0.1) is 6.92 Å². The SMILES string of the molecule is Cc1ccc(S(=O)(=O)N(CC(=O)Nc2ccccc2C(N)=O)c2ccc(Cl)c(C(F)(F)F)c2)cc1. The van der Waals surface area contributed by atoms with Crippen LogP contribution < -0.4 is 15.4 Å². The standard InChI is InChI=1S/C23H19ClF3N3O4S/c1-14-6-9-16(10-7-14)35(33,34)30(15-8-11-19(24)18(12-15)23(25,26)27)13-21(31)29-20-5-3-2-4-17(20)22(28)32/h2-12H,13H2,1H3,(H2,28,32)(H,29,31). The van der Waals surface area contributed by atoms with Crippen molar-refractivity contribution < 1.29 is 31.2 Å². The van der Waals surface area contributed by atoms with Crippen LogP contribution in [0.15, 0.2) is 71.6 Å². The summed E-state index contributed by atoms with van der Waals surface area (Å²) in [5, 5.41) is 1.76. The minimum absolute atomic E-state index is 0.0183. The van der Waals surface area contributed by atoms with E-state index in [9.17, 15) is 31.2 Å². The Hall–Kier alpha value is -3.57. The van der Waals surface area contributed by atoms with Crippen LogP contribution in [-0.2, 0) is 21.0 Å². The lowest BCUT2D eigenvalue weighted by molar-refractivity contribution is -0.137. The molecule has 0 unspecified atom stereocenters. The van der Waals surface area contributed by atoms with E-state index in [1.807, 2.05) is 0 Å². The van der Waals surface area contributed by atoms with Gasteiger partial charge in [0, 0.05) is 0 Å². The Kier molecular flexibility index (Phi) is 7.41. The summed E-state index contributed by atoms with van der Waals surface area (Å²) < 4.78 is 67.7. The zero-order valence-corrected chi connectivity index (χ0v) is 19.7. The molecule has 0 aliphatic rings. The van der Waals surface area contributed by atoms with Gasteiger partial charge in [-0.1, -0.05) is 41.4 Å². The molecule has 184 valence electrons. The van der Waals surface area contributed by atoms with Crippen LogP contribution >= 0.6 is 11.6 Å². The van der Waals surface area contributed by atoms with E-state index in [-0.39, 0.29) is 16.1 Å². The first-order chi connectivity index (χ1) is 16.3. The summed E-state index contributed by atoms with van der Waals surface area (Å²) >= 11 is 5.68. The molecule has 0 saturated heterocycles. The highest BCUT2D eigenvalue weighted by atomic mass is 35.5. The summed E-state index contributed by atoms with van der Waals surface area (Å²) in [4.78, 5) is 24.2. The Morgan fingerprint density at radius 3 is 2.26 bits per heavy atom. The molecule has 7 nitrogen and oxygen atoms in total. The van der Waals surface area contributed by atoms with Gasteiger partial charge in [0.2, 0.25) is 5.91 Å². The van der Waals surface area contributed by atoms with Crippen molar-refractivity contribution in [3.05, 3.63) is 88.4 Å². The third-order valence-electron chi connectivity index (χ3n) is 4.91. The molecule has 3 aromatic rings. The molecule has 0 aromatic heterocycles. The number of benzene rings is 3. The van der Waals surface area contributed by atoms with Crippen LogP contribution in [0.4, 0.5) is 24.5 Å². The lowest BCUT2D eigenvalue weighted by atomic mass is 10.1. The fourth-order valence-corrected chi connectivity index (χ4v) is 4.80. The summed E-state index contributed by atoms with van der Waals surface area (Å²) in [5.74, 6) is -1.75. The first kappa shape index (κ1) is 26.0. The van der Waals surface area contributed by atoms with E-state index in [1.54, 1.807) is 6.92 Å². The van der Waals surface area contributed by atoms with Crippen LogP contribution in [0.25, 0.3) is 0 Å². The van der Waals surface area contributed by atoms with Gasteiger partial charge >= 0.3 is 6.18 Å². The fourth-order valence-electron chi connectivity index (χ4n) is 3.17. The largest absolute Gasteiger partial charge is 0.417 e. The second-order valence-electron chi connectivity index (χ2n) is 7.44. The van der Waals surface area contributed by atoms with E-state index in [0.29, 0.717) is 10.4 Å². The number of hydrogen-bond donors (Lipinski definition) is 2. The maximum absolute atomic E-state index is 13.5. The molecule has 0 bridgehead atoms. The molecular formula is C23H19ClF3N3O4S. The molecule has 3 rings (SSSR count). The molecule has 3 aromatic carbocycles. The Morgan fingerprint density at radius 2 is 1.66 bits per heavy atom. The Labute approximate surface area is 204 Å². The second kappa shape index (κ2) is 9.96. The van der Waals surface area contributed by atoms with Crippen molar-refractivity contribution in [1.29, 1.82) is 0 Å². The molecular weight excluding hydrogens is 507 g/mol. The number of amides is 2. The number of hydrogen-bond acceptors (Lipinski definition) is 4. The van der Waals surface area contributed by atoms with Gasteiger partial charge in [0.25, 0.3) is 15.9 Å². The lowest BCUT2D eigenvalue weighted by Crippen LogP contribution is -2.38. The van der Waals surface area contributed by atoms with Crippen molar-refractivity contribution in [3.8, 4) is 0 Å². The number of rotatable bonds is 7. The molecule has 0 fully saturated rings. The zero-order chi connectivity index (χ0) is 26.0. The number of carbonyl (C=O) groups excluding carboxylic acids is 2. The Balaban J connectivity index is 2.07. The quantitative estimate of drug-likeness (QED) is 0.470. The molecule has 0 heterocycles. The summed E-state index contributed by atoms with van der Waals surface area (Å²) in [7, 11) is -4.49. The molecule has 0 saturated carbocycles. The highest BCUT2D eigenvalue weighted by molar-refractivity contribution is 7.92. The van der Waals surface area contributed by atoms with Crippen molar-refractivity contribution >= 4 is 44.8 Å². The van der Waals surface area contributed by atoms with Crippen molar-refractivity contribution in [3.63, 3.8) is 0 Å². The maximum Gasteiger partial charge on any atom is 0.417 e. The van der Waals surface area contributed by atoms with E-state index in [1.165, 1.54) is 48.5 Å². The highest BCUT2D eigenvalue weighted by Crippen LogP contribution is 2.38. The van der Waals surface area contributed by atoms with Gasteiger partial charge in [-0.25, -0.2) is 8.42 Å². The Bertz CT molecular complexity index is 1380. The van der Waals surface area contributed by atoms with Crippen LogP contribution in [-0.4, -0.2) is 26.8 Å². The number of primary amides is 1. The molecule has 12 heteroatoms. The number of anilines is 2. The molecule has 0 spiro atoms. The number of nitrogens with two attached hydrogens (primary N) is 1. The number of aryl methyl sites for hydroxylation is 1. The Morgan fingerprint density at radius 1 is 1.03 bits per heavy atom. The van der Waals surface area contributed by atoms with Crippen molar-refractivity contribution in [2.75, 3.05) is 16.2 Å². The average Bonchev–Trinajstić information content (AvgIpc) is 2.77. The van der Waals surface area contributed by atoms with E-state index >= 15 is 0 Å². The van der Waals surface area contributed by atoms with E-state index in [2.05, 4.69) is 5.32 Å². The number of nitrogens with zero attached hydrogens (tertiary/aromatic N) is 1. The molecule has 0 aliphatic carbocycles. The van der Waals surface area contributed by atoms with Gasteiger partial charge in [-0.15, -0.1) is 0 Å². The first-order valence-electron chi connectivity index (χ1n) is 9.95. The minimum atomic E-state index is -4.87. The smallest absolute Gasteiger partial charge is 0.366 e. The zero-order valence-electron chi connectivity index (χ0n) is 18.1. The van der Waals surface area contributed by atoms with Crippen LogP contribution in [0.5, 0.6) is 0 Å². The number of alkyl halides is 3. The predicted molar refractivity (Wildman–Crippen MR) is 126 cm³/mol. The van der Waals surface area contributed by atoms with Gasteiger partial charge in [0.1, 0.15) is 6.54 Å². The summed E-state index contributed by atoms with van der Waals surface area (Å²) in [6.07, 6.45) is -4.87. The van der Waals surface area contributed by atoms with Crippen molar-refractivity contribution in [2.24, 2.45) is 5.73 Å². The summed E-state index contributed by atoms with van der Waals surface area (Å²) in [6, 6.07) is 13.8. The van der Waals surface area contributed by atoms with Crippen LogP contribution in [0.1, 0.15) is 21.5 Å². The maximum atomic E-state index is 13.5. The number of para-hydroxylation sites is 1.